The minimum Gasteiger partial charge on any atom is -0.476 e. The maximum Gasteiger partial charge on any atom is 0.254 e. The SMILES string of the molecule is CCCCOc1cc(CN(CN=[N+]=[N-])CN=[N+]=[N-])on1. The first-order valence-electron chi connectivity index (χ1n) is 6.12. The molecule has 0 bridgehead atoms. The van der Waals surface area contributed by atoms with Crippen LogP contribution in [0.4, 0.5) is 0 Å². The molecule has 0 radical (unpaired) electrons. The molecule has 1 aromatic rings. The van der Waals surface area contributed by atoms with Gasteiger partial charge in [-0.1, -0.05) is 23.6 Å². The summed E-state index contributed by atoms with van der Waals surface area (Å²) in [6, 6.07) is 1.66. The number of unbranched alkanes of at least 4 members (excludes halogenated alkanes) is 1. The standard InChI is InChI=1S/C10H16N8O2/c1-2-3-4-19-10-5-9(20-15-10)6-18(7-13-16-11)8-14-17-12/h5H,2-4,6-8H2,1H3. The van der Waals surface area contributed by atoms with Gasteiger partial charge in [-0.05, 0) is 22.6 Å². The van der Waals surface area contributed by atoms with Crippen LogP contribution in [0.3, 0.4) is 0 Å². The number of hydrogen-bond donors (Lipinski definition) is 0. The summed E-state index contributed by atoms with van der Waals surface area (Å²) in [5.74, 6) is 0.957. The summed E-state index contributed by atoms with van der Waals surface area (Å²) in [6.07, 6.45) is 1.99. The molecule has 108 valence electrons. The van der Waals surface area contributed by atoms with E-state index in [9.17, 15) is 0 Å². The third-order valence-electron chi connectivity index (χ3n) is 2.32. The molecule has 10 heteroatoms. The maximum atomic E-state index is 8.30. The van der Waals surface area contributed by atoms with Crippen molar-refractivity contribution in [2.75, 3.05) is 19.9 Å². The molecule has 0 saturated heterocycles. The molecule has 0 aromatic carbocycles. The lowest BCUT2D eigenvalue weighted by molar-refractivity contribution is 0.233. The summed E-state index contributed by atoms with van der Waals surface area (Å²) in [5, 5.41) is 10.6. The topological polar surface area (TPSA) is 136 Å². The number of azide groups is 2. The summed E-state index contributed by atoms with van der Waals surface area (Å²) in [4.78, 5) is 6.92. The number of ether oxygens (including phenoxy) is 1. The fourth-order valence-corrected chi connectivity index (χ4v) is 1.36. The minimum atomic E-state index is 0.0717. The van der Waals surface area contributed by atoms with Crippen molar-refractivity contribution in [2.24, 2.45) is 10.2 Å². The number of nitrogens with zero attached hydrogens (tertiary/aromatic N) is 8. The van der Waals surface area contributed by atoms with Crippen LogP contribution < -0.4 is 4.74 Å². The molecule has 0 aliphatic heterocycles. The molecule has 0 aliphatic carbocycles. The number of rotatable bonds is 10. The van der Waals surface area contributed by atoms with E-state index < -0.39 is 0 Å². The Hall–Kier alpha value is -2.41. The van der Waals surface area contributed by atoms with Gasteiger partial charge in [-0.15, -0.1) is 0 Å². The molecule has 0 fully saturated rings. The van der Waals surface area contributed by atoms with Crippen molar-refractivity contribution in [3.63, 3.8) is 0 Å². The lowest BCUT2D eigenvalue weighted by Crippen LogP contribution is -2.22. The maximum absolute atomic E-state index is 8.30. The molecular formula is C10H16N8O2. The third-order valence-corrected chi connectivity index (χ3v) is 2.32. The normalized spacial score (nSPS) is 9.90. The Morgan fingerprint density at radius 2 is 2.05 bits per heavy atom. The summed E-state index contributed by atoms with van der Waals surface area (Å²) in [5.41, 5.74) is 16.6. The molecule has 0 saturated carbocycles. The summed E-state index contributed by atoms with van der Waals surface area (Å²) < 4.78 is 10.5. The van der Waals surface area contributed by atoms with E-state index >= 15 is 0 Å². The number of aromatic nitrogens is 1. The Balaban J connectivity index is 2.54. The van der Waals surface area contributed by atoms with E-state index in [1.165, 1.54) is 0 Å². The van der Waals surface area contributed by atoms with Crippen LogP contribution in [0.15, 0.2) is 20.8 Å². The van der Waals surface area contributed by atoms with Crippen molar-refractivity contribution in [1.29, 1.82) is 0 Å². The fourth-order valence-electron chi connectivity index (χ4n) is 1.36. The van der Waals surface area contributed by atoms with E-state index in [0.717, 1.165) is 12.8 Å². The average Bonchev–Trinajstić information content (AvgIpc) is 2.89. The van der Waals surface area contributed by atoms with Crippen molar-refractivity contribution >= 4 is 0 Å². The van der Waals surface area contributed by atoms with Gasteiger partial charge in [0, 0.05) is 15.9 Å². The van der Waals surface area contributed by atoms with Crippen LogP contribution in [-0.4, -0.2) is 30.0 Å². The van der Waals surface area contributed by atoms with Crippen molar-refractivity contribution in [2.45, 2.75) is 26.3 Å². The van der Waals surface area contributed by atoms with E-state index in [1.807, 2.05) is 0 Å². The molecule has 0 N–H and O–H groups in total. The number of hydrogen-bond acceptors (Lipinski definition) is 6. The van der Waals surface area contributed by atoms with E-state index in [0.29, 0.717) is 24.8 Å². The van der Waals surface area contributed by atoms with Gasteiger partial charge in [-0.3, -0.25) is 4.90 Å². The van der Waals surface area contributed by atoms with Gasteiger partial charge in [-0.2, -0.15) is 0 Å². The van der Waals surface area contributed by atoms with Crippen molar-refractivity contribution in [3.8, 4) is 5.88 Å². The second-order valence-electron chi connectivity index (χ2n) is 3.91. The van der Waals surface area contributed by atoms with Crippen LogP contribution in [0, 0.1) is 0 Å². The van der Waals surface area contributed by atoms with Gasteiger partial charge in [-0.25, -0.2) is 0 Å². The van der Waals surface area contributed by atoms with Crippen molar-refractivity contribution < 1.29 is 9.26 Å². The van der Waals surface area contributed by atoms with Gasteiger partial charge in [0.1, 0.15) is 0 Å². The molecule has 1 heterocycles. The lowest BCUT2D eigenvalue weighted by Gasteiger charge is -2.14. The van der Waals surface area contributed by atoms with Crippen LogP contribution in [0.5, 0.6) is 5.88 Å². The van der Waals surface area contributed by atoms with Gasteiger partial charge < -0.3 is 9.26 Å². The Morgan fingerprint density at radius 3 is 2.65 bits per heavy atom. The smallest absolute Gasteiger partial charge is 0.254 e. The van der Waals surface area contributed by atoms with Crippen LogP contribution in [-0.2, 0) is 6.54 Å². The first-order valence-corrected chi connectivity index (χ1v) is 6.12. The second kappa shape index (κ2) is 9.51. The highest BCUT2D eigenvalue weighted by Crippen LogP contribution is 2.14. The van der Waals surface area contributed by atoms with Gasteiger partial charge >= 0.3 is 0 Å². The largest absolute Gasteiger partial charge is 0.476 e. The Labute approximate surface area is 115 Å². The van der Waals surface area contributed by atoms with Crippen LogP contribution in [0.1, 0.15) is 25.5 Å². The quantitative estimate of drug-likeness (QED) is 0.281. The van der Waals surface area contributed by atoms with Crippen LogP contribution >= 0.6 is 0 Å². The highest BCUT2D eigenvalue weighted by Gasteiger charge is 2.10. The lowest BCUT2D eigenvalue weighted by atomic mass is 10.4. The highest BCUT2D eigenvalue weighted by molar-refractivity contribution is 5.10. The van der Waals surface area contributed by atoms with Gasteiger partial charge in [0.2, 0.25) is 0 Å². The van der Waals surface area contributed by atoms with E-state index in [-0.39, 0.29) is 13.3 Å². The van der Waals surface area contributed by atoms with E-state index in [1.54, 1.807) is 11.0 Å². The zero-order chi connectivity index (χ0) is 14.6. The molecule has 0 aliphatic rings. The molecule has 0 atom stereocenters. The average molecular weight is 280 g/mol. The van der Waals surface area contributed by atoms with Gasteiger partial charge in [0.15, 0.2) is 5.76 Å². The van der Waals surface area contributed by atoms with E-state index in [2.05, 4.69) is 32.1 Å². The first kappa shape index (κ1) is 15.6. The molecule has 1 rings (SSSR count). The molecule has 0 unspecified atom stereocenters. The Kier molecular flexibility index (Phi) is 7.44. The summed E-state index contributed by atoms with van der Waals surface area (Å²) in [7, 11) is 0. The predicted octanol–water partition coefficient (Wildman–Crippen LogP) is 3.19. The Bertz CT molecular complexity index is 469. The minimum absolute atomic E-state index is 0.0717. The molecular weight excluding hydrogens is 264 g/mol. The highest BCUT2D eigenvalue weighted by atomic mass is 16.5. The second-order valence-corrected chi connectivity index (χ2v) is 3.91. The van der Waals surface area contributed by atoms with Crippen LogP contribution in [0.2, 0.25) is 0 Å². The van der Waals surface area contributed by atoms with Gasteiger partial charge in [0.05, 0.1) is 26.5 Å². The van der Waals surface area contributed by atoms with E-state index in [4.69, 9.17) is 20.3 Å². The Morgan fingerprint density at radius 1 is 1.35 bits per heavy atom. The van der Waals surface area contributed by atoms with Crippen molar-refractivity contribution in [3.05, 3.63) is 32.7 Å². The fraction of sp³-hybridized carbons (Fsp3) is 0.700. The van der Waals surface area contributed by atoms with Crippen LogP contribution in [0.25, 0.3) is 20.9 Å². The molecule has 20 heavy (non-hydrogen) atoms. The summed E-state index contributed by atoms with van der Waals surface area (Å²) in [6.45, 7) is 3.11. The summed E-state index contributed by atoms with van der Waals surface area (Å²) >= 11 is 0. The zero-order valence-corrected chi connectivity index (χ0v) is 11.2. The molecule has 0 spiro atoms. The van der Waals surface area contributed by atoms with Crippen molar-refractivity contribution in [1.82, 2.24) is 10.1 Å². The molecule has 0 amide bonds. The zero-order valence-electron chi connectivity index (χ0n) is 11.2. The molecule has 1 aromatic heterocycles. The molecule has 10 nitrogen and oxygen atoms in total. The first-order chi connectivity index (χ1) is 9.80. The third kappa shape index (κ3) is 5.96. The monoisotopic (exact) mass is 280 g/mol. The predicted molar refractivity (Wildman–Crippen MR) is 70.5 cm³/mol. The van der Waals surface area contributed by atoms with Gasteiger partial charge in [0.25, 0.3) is 5.88 Å².